The summed E-state index contributed by atoms with van der Waals surface area (Å²) in [5.74, 6) is 0.00640. The van der Waals surface area contributed by atoms with E-state index in [4.69, 9.17) is 9.47 Å². The van der Waals surface area contributed by atoms with Crippen LogP contribution in [0.25, 0.3) is 0 Å². The third-order valence-corrected chi connectivity index (χ3v) is 2.98. The maximum atomic E-state index is 11.9. The van der Waals surface area contributed by atoms with Crippen LogP contribution in [0.3, 0.4) is 0 Å². The number of hydrogen-bond acceptors (Lipinski definition) is 4. The number of benzene rings is 1. The summed E-state index contributed by atoms with van der Waals surface area (Å²) < 4.78 is 10.4. The van der Waals surface area contributed by atoms with Gasteiger partial charge < -0.3 is 14.4 Å². The highest BCUT2D eigenvalue weighted by Crippen LogP contribution is 2.29. The van der Waals surface area contributed by atoms with Crippen LogP contribution in [0.2, 0.25) is 0 Å². The van der Waals surface area contributed by atoms with Gasteiger partial charge in [-0.25, -0.2) is 4.79 Å². The first kappa shape index (κ1) is 16.0. The lowest BCUT2D eigenvalue weighted by atomic mass is 10.1. The fourth-order valence-electron chi connectivity index (χ4n) is 1.64. The predicted octanol–water partition coefficient (Wildman–Crippen LogP) is 2.63. The van der Waals surface area contributed by atoms with Gasteiger partial charge in [0.25, 0.3) is 0 Å². The van der Waals surface area contributed by atoms with Crippen LogP contribution >= 0.6 is 0 Å². The summed E-state index contributed by atoms with van der Waals surface area (Å²) in [6, 6.07) is 4.89. The number of methoxy groups -OCH3 is 1. The van der Waals surface area contributed by atoms with E-state index in [0.29, 0.717) is 23.6 Å². The average Bonchev–Trinajstić information content (AvgIpc) is 2.45. The van der Waals surface area contributed by atoms with Crippen LogP contribution in [0.4, 0.5) is 5.69 Å². The fourth-order valence-corrected chi connectivity index (χ4v) is 1.64. The van der Waals surface area contributed by atoms with Crippen LogP contribution in [0.15, 0.2) is 18.2 Å². The zero-order chi connectivity index (χ0) is 15.1. The summed E-state index contributed by atoms with van der Waals surface area (Å²) in [5.41, 5.74) is 0.954. The molecule has 0 heterocycles. The summed E-state index contributed by atoms with van der Waals surface area (Å²) >= 11 is 0. The Bertz CT molecular complexity index is 485. The van der Waals surface area contributed by atoms with Crippen molar-refractivity contribution in [1.82, 2.24) is 0 Å². The molecule has 0 N–H and O–H groups in total. The minimum absolute atomic E-state index is 0.139. The Hall–Kier alpha value is -2.04. The molecule has 0 aliphatic rings. The van der Waals surface area contributed by atoms with Crippen molar-refractivity contribution in [2.24, 2.45) is 0 Å². The fraction of sp³-hybridized carbons (Fsp3) is 0.467. The number of carbonyl (C=O) groups is 2. The van der Waals surface area contributed by atoms with Crippen molar-refractivity contribution in [3.63, 3.8) is 0 Å². The van der Waals surface area contributed by atoms with E-state index in [0.717, 1.165) is 12.8 Å². The Balaban J connectivity index is 2.97. The lowest BCUT2D eigenvalue weighted by molar-refractivity contribution is -0.116. The molecular formula is C15H21NO4. The number of unbranched alkanes of at least 4 members (excludes halogenated alkanes) is 1. The van der Waals surface area contributed by atoms with Crippen LogP contribution in [-0.2, 0) is 9.53 Å². The molecule has 0 saturated carbocycles. The molecule has 0 atom stereocenters. The van der Waals surface area contributed by atoms with Gasteiger partial charge in [0.1, 0.15) is 5.75 Å². The molecule has 5 heteroatoms. The van der Waals surface area contributed by atoms with Gasteiger partial charge in [0.2, 0.25) is 5.91 Å². The van der Waals surface area contributed by atoms with E-state index in [2.05, 4.69) is 0 Å². The second-order valence-corrected chi connectivity index (χ2v) is 4.45. The van der Waals surface area contributed by atoms with Crippen LogP contribution in [0, 0.1) is 0 Å². The summed E-state index contributed by atoms with van der Waals surface area (Å²) in [6.45, 7) is 3.88. The molecule has 0 aliphatic carbocycles. The number of carbonyl (C=O) groups excluding carboxylic acids is 2. The Kier molecular flexibility index (Phi) is 6.03. The number of ether oxygens (including phenoxy) is 2. The molecule has 0 unspecified atom stereocenters. The first-order valence-electron chi connectivity index (χ1n) is 6.60. The summed E-state index contributed by atoms with van der Waals surface area (Å²) in [5, 5.41) is 0. The van der Waals surface area contributed by atoms with Crippen molar-refractivity contribution in [2.75, 3.05) is 25.7 Å². The summed E-state index contributed by atoms with van der Waals surface area (Å²) in [4.78, 5) is 24.8. The predicted molar refractivity (Wildman–Crippen MR) is 77.3 cm³/mol. The van der Waals surface area contributed by atoms with E-state index >= 15 is 0 Å². The molecule has 1 aromatic rings. The summed E-state index contributed by atoms with van der Waals surface area (Å²) in [7, 11) is 3.15. The molecule has 0 radical (unpaired) electrons. The van der Waals surface area contributed by atoms with Crippen molar-refractivity contribution >= 4 is 17.6 Å². The van der Waals surface area contributed by atoms with Crippen LogP contribution in [-0.4, -0.2) is 32.6 Å². The zero-order valence-corrected chi connectivity index (χ0v) is 12.4. The maximum Gasteiger partial charge on any atom is 0.338 e. The first-order chi connectivity index (χ1) is 9.51. The lowest BCUT2D eigenvalue weighted by Crippen LogP contribution is -2.23. The number of nitrogens with zero attached hydrogens (tertiary/aromatic N) is 1. The number of anilines is 1. The minimum Gasteiger partial charge on any atom is -0.495 e. The van der Waals surface area contributed by atoms with E-state index in [-0.39, 0.29) is 11.9 Å². The third kappa shape index (κ3) is 3.98. The van der Waals surface area contributed by atoms with Gasteiger partial charge >= 0.3 is 5.97 Å². The van der Waals surface area contributed by atoms with E-state index in [1.54, 1.807) is 25.2 Å². The number of hydrogen-bond donors (Lipinski definition) is 0. The third-order valence-electron chi connectivity index (χ3n) is 2.98. The highest BCUT2D eigenvalue weighted by Gasteiger charge is 2.16. The normalized spacial score (nSPS) is 10.0. The van der Waals surface area contributed by atoms with Crippen LogP contribution in [0.5, 0.6) is 5.75 Å². The molecule has 110 valence electrons. The molecule has 0 aromatic heterocycles. The Morgan fingerprint density at radius 1 is 1.30 bits per heavy atom. The van der Waals surface area contributed by atoms with Gasteiger partial charge in [0.15, 0.2) is 0 Å². The zero-order valence-electron chi connectivity index (χ0n) is 12.4. The van der Waals surface area contributed by atoms with E-state index in [1.807, 2.05) is 6.92 Å². The Morgan fingerprint density at radius 3 is 2.55 bits per heavy atom. The average molecular weight is 279 g/mol. The van der Waals surface area contributed by atoms with Gasteiger partial charge in [-0.1, -0.05) is 13.3 Å². The van der Waals surface area contributed by atoms with Gasteiger partial charge in [-0.05, 0) is 24.6 Å². The van der Waals surface area contributed by atoms with Gasteiger partial charge in [-0.2, -0.15) is 0 Å². The molecule has 0 fully saturated rings. The van der Waals surface area contributed by atoms with Gasteiger partial charge in [0.05, 0.1) is 25.0 Å². The van der Waals surface area contributed by atoms with E-state index in [1.165, 1.54) is 18.9 Å². The highest BCUT2D eigenvalue weighted by molar-refractivity contribution is 5.96. The van der Waals surface area contributed by atoms with Crippen LogP contribution < -0.4 is 9.64 Å². The number of rotatable bonds is 6. The molecule has 0 bridgehead atoms. The molecule has 0 saturated heterocycles. The van der Waals surface area contributed by atoms with Gasteiger partial charge in [0, 0.05) is 14.0 Å². The second kappa shape index (κ2) is 7.53. The minimum atomic E-state index is -0.390. The van der Waals surface area contributed by atoms with Crippen molar-refractivity contribution in [3.8, 4) is 5.75 Å². The van der Waals surface area contributed by atoms with E-state index in [9.17, 15) is 9.59 Å². The molecule has 1 aromatic carbocycles. The van der Waals surface area contributed by atoms with Crippen molar-refractivity contribution in [3.05, 3.63) is 23.8 Å². The molecule has 0 spiro atoms. The van der Waals surface area contributed by atoms with Crippen molar-refractivity contribution in [1.29, 1.82) is 0 Å². The molecule has 0 aliphatic heterocycles. The smallest absolute Gasteiger partial charge is 0.338 e. The molecule has 5 nitrogen and oxygen atoms in total. The largest absolute Gasteiger partial charge is 0.495 e. The number of amides is 1. The summed E-state index contributed by atoms with van der Waals surface area (Å²) in [6.07, 6.45) is 1.80. The van der Waals surface area contributed by atoms with E-state index < -0.39 is 0 Å². The number of esters is 1. The highest BCUT2D eigenvalue weighted by atomic mass is 16.5. The van der Waals surface area contributed by atoms with Gasteiger partial charge in [-0.3, -0.25) is 4.79 Å². The molecular weight excluding hydrogens is 258 g/mol. The molecule has 20 heavy (non-hydrogen) atoms. The first-order valence-corrected chi connectivity index (χ1v) is 6.60. The standard InChI is InChI=1S/C15H21NO4/c1-5-6-9-20-15(18)12-7-8-14(19-4)13(10-12)16(3)11(2)17/h7-8,10H,5-6,9H2,1-4H3. The maximum absolute atomic E-state index is 11.9. The quantitative estimate of drug-likeness (QED) is 0.593. The van der Waals surface area contributed by atoms with Gasteiger partial charge in [-0.15, -0.1) is 0 Å². The lowest BCUT2D eigenvalue weighted by Gasteiger charge is -2.19. The topological polar surface area (TPSA) is 55.8 Å². The molecule has 1 amide bonds. The SMILES string of the molecule is CCCCOC(=O)c1ccc(OC)c(N(C)C(C)=O)c1. The Labute approximate surface area is 119 Å². The Morgan fingerprint density at radius 2 is 2.00 bits per heavy atom. The van der Waals surface area contributed by atoms with Crippen LogP contribution in [0.1, 0.15) is 37.0 Å². The molecule has 1 rings (SSSR count). The van der Waals surface area contributed by atoms with Crippen molar-refractivity contribution in [2.45, 2.75) is 26.7 Å². The monoisotopic (exact) mass is 279 g/mol. The van der Waals surface area contributed by atoms with Crippen molar-refractivity contribution < 1.29 is 19.1 Å². The second-order valence-electron chi connectivity index (χ2n) is 4.45.